The standard InChI is InChI=1S/C13H22O3S/c1-16-11(14)12(6-4-2-3-5-7-12)13(15)8-9-17-10-13/h15H,2-10H2,1H3. The van der Waals surface area contributed by atoms with Crippen molar-refractivity contribution < 1.29 is 14.6 Å². The van der Waals surface area contributed by atoms with Crippen molar-refractivity contribution in [2.24, 2.45) is 5.41 Å². The first kappa shape index (κ1) is 13.2. The summed E-state index contributed by atoms with van der Waals surface area (Å²) in [6.45, 7) is 0. The SMILES string of the molecule is COC(=O)C1(C2(O)CCSC2)CCCCCC1. The van der Waals surface area contributed by atoms with Gasteiger partial charge in [-0.3, -0.25) is 4.79 Å². The van der Waals surface area contributed by atoms with Crippen LogP contribution in [0.3, 0.4) is 0 Å². The molecular formula is C13H22O3S. The fraction of sp³-hybridized carbons (Fsp3) is 0.923. The van der Waals surface area contributed by atoms with E-state index in [1.165, 1.54) is 20.0 Å². The minimum atomic E-state index is -0.838. The Labute approximate surface area is 107 Å². The lowest BCUT2D eigenvalue weighted by Crippen LogP contribution is -2.53. The Morgan fingerprint density at radius 3 is 2.29 bits per heavy atom. The van der Waals surface area contributed by atoms with Crippen molar-refractivity contribution >= 4 is 17.7 Å². The van der Waals surface area contributed by atoms with Gasteiger partial charge in [-0.1, -0.05) is 25.7 Å². The summed E-state index contributed by atoms with van der Waals surface area (Å²) in [6.07, 6.45) is 6.70. The molecule has 1 aliphatic heterocycles. The number of aliphatic hydroxyl groups is 1. The summed E-state index contributed by atoms with van der Waals surface area (Å²) in [5, 5.41) is 10.9. The summed E-state index contributed by atoms with van der Waals surface area (Å²) in [7, 11) is 1.44. The fourth-order valence-corrected chi connectivity index (χ4v) is 4.70. The molecule has 4 heteroatoms. The van der Waals surface area contributed by atoms with Gasteiger partial charge in [0, 0.05) is 5.75 Å². The van der Waals surface area contributed by atoms with Crippen LogP contribution in [0.5, 0.6) is 0 Å². The number of hydrogen-bond acceptors (Lipinski definition) is 4. The summed E-state index contributed by atoms with van der Waals surface area (Å²) < 4.78 is 5.02. The molecule has 98 valence electrons. The second-order valence-electron chi connectivity index (χ2n) is 5.32. The molecule has 0 aromatic rings. The minimum Gasteiger partial charge on any atom is -0.469 e. The molecule has 1 N–H and O–H groups in total. The van der Waals surface area contributed by atoms with E-state index in [2.05, 4.69) is 0 Å². The van der Waals surface area contributed by atoms with E-state index in [0.717, 1.165) is 37.9 Å². The first-order valence-corrected chi connectivity index (χ1v) is 7.69. The first-order valence-electron chi connectivity index (χ1n) is 6.53. The molecule has 0 spiro atoms. The Morgan fingerprint density at radius 1 is 1.18 bits per heavy atom. The molecule has 1 unspecified atom stereocenters. The summed E-state index contributed by atoms with van der Waals surface area (Å²) in [4.78, 5) is 12.2. The maximum atomic E-state index is 12.2. The van der Waals surface area contributed by atoms with Gasteiger partial charge >= 0.3 is 5.97 Å². The largest absolute Gasteiger partial charge is 0.469 e. The molecule has 1 heterocycles. The first-order chi connectivity index (χ1) is 8.15. The molecule has 0 aromatic carbocycles. The van der Waals surface area contributed by atoms with E-state index in [-0.39, 0.29) is 5.97 Å². The van der Waals surface area contributed by atoms with Crippen LogP contribution < -0.4 is 0 Å². The minimum absolute atomic E-state index is 0.190. The zero-order valence-electron chi connectivity index (χ0n) is 10.5. The Morgan fingerprint density at radius 2 is 1.82 bits per heavy atom. The Balaban J connectivity index is 2.30. The van der Waals surface area contributed by atoms with E-state index in [1.807, 2.05) is 0 Å². The van der Waals surface area contributed by atoms with Crippen LogP contribution in [0.15, 0.2) is 0 Å². The average molecular weight is 258 g/mol. The Hall–Kier alpha value is -0.220. The lowest BCUT2D eigenvalue weighted by atomic mass is 9.66. The van der Waals surface area contributed by atoms with Gasteiger partial charge < -0.3 is 9.84 Å². The van der Waals surface area contributed by atoms with Crippen molar-refractivity contribution in [3.8, 4) is 0 Å². The van der Waals surface area contributed by atoms with Crippen molar-refractivity contribution in [2.45, 2.75) is 50.5 Å². The Kier molecular flexibility index (Phi) is 4.03. The van der Waals surface area contributed by atoms with Gasteiger partial charge in [-0.15, -0.1) is 0 Å². The molecule has 1 saturated carbocycles. The molecule has 2 fully saturated rings. The average Bonchev–Trinajstić information content (AvgIpc) is 2.65. The quantitative estimate of drug-likeness (QED) is 0.610. The number of ether oxygens (including phenoxy) is 1. The van der Waals surface area contributed by atoms with Crippen molar-refractivity contribution in [3.05, 3.63) is 0 Å². The van der Waals surface area contributed by atoms with Crippen molar-refractivity contribution in [1.29, 1.82) is 0 Å². The van der Waals surface area contributed by atoms with Gasteiger partial charge in [0.15, 0.2) is 0 Å². The highest BCUT2D eigenvalue weighted by Crippen LogP contribution is 2.50. The fourth-order valence-electron chi connectivity index (χ4n) is 3.32. The van der Waals surface area contributed by atoms with E-state index >= 15 is 0 Å². The third-order valence-electron chi connectivity index (χ3n) is 4.42. The van der Waals surface area contributed by atoms with Gasteiger partial charge in [0.25, 0.3) is 0 Å². The zero-order chi connectivity index (χ0) is 12.4. The van der Waals surface area contributed by atoms with E-state index in [1.54, 1.807) is 11.8 Å². The van der Waals surface area contributed by atoms with E-state index < -0.39 is 11.0 Å². The monoisotopic (exact) mass is 258 g/mol. The van der Waals surface area contributed by atoms with Crippen LogP contribution >= 0.6 is 11.8 Å². The van der Waals surface area contributed by atoms with Crippen LogP contribution in [-0.4, -0.2) is 35.3 Å². The normalized spacial score (nSPS) is 33.1. The summed E-state index contributed by atoms with van der Waals surface area (Å²) in [5.41, 5.74) is -1.48. The van der Waals surface area contributed by atoms with Gasteiger partial charge in [-0.2, -0.15) is 11.8 Å². The van der Waals surface area contributed by atoms with Crippen molar-refractivity contribution in [2.75, 3.05) is 18.6 Å². The van der Waals surface area contributed by atoms with Crippen LogP contribution in [0.4, 0.5) is 0 Å². The molecular weight excluding hydrogens is 236 g/mol. The van der Waals surface area contributed by atoms with Crippen LogP contribution in [0.25, 0.3) is 0 Å². The number of carbonyl (C=O) groups is 1. The summed E-state index contributed by atoms with van der Waals surface area (Å²) in [5.74, 6) is 1.45. The predicted octanol–water partition coefficient (Wildman–Crippen LogP) is 2.37. The molecule has 17 heavy (non-hydrogen) atoms. The van der Waals surface area contributed by atoms with Crippen LogP contribution in [0, 0.1) is 5.41 Å². The molecule has 2 rings (SSSR count). The maximum Gasteiger partial charge on any atom is 0.314 e. The number of esters is 1. The number of methoxy groups -OCH3 is 1. The highest BCUT2D eigenvalue weighted by Gasteiger charge is 2.57. The summed E-state index contributed by atoms with van der Waals surface area (Å²) >= 11 is 1.75. The predicted molar refractivity (Wildman–Crippen MR) is 69.0 cm³/mol. The van der Waals surface area contributed by atoms with Gasteiger partial charge in [0.1, 0.15) is 0 Å². The third kappa shape index (κ3) is 2.22. The number of rotatable bonds is 2. The van der Waals surface area contributed by atoms with Crippen molar-refractivity contribution in [3.63, 3.8) is 0 Å². The Bertz CT molecular complexity index is 276. The van der Waals surface area contributed by atoms with E-state index in [9.17, 15) is 9.90 Å². The molecule has 1 atom stereocenters. The number of thioether (sulfide) groups is 1. The van der Waals surface area contributed by atoms with Crippen LogP contribution in [0.1, 0.15) is 44.9 Å². The topological polar surface area (TPSA) is 46.5 Å². The smallest absolute Gasteiger partial charge is 0.314 e. The molecule has 0 bridgehead atoms. The molecule has 0 aromatic heterocycles. The van der Waals surface area contributed by atoms with E-state index in [4.69, 9.17) is 4.74 Å². The van der Waals surface area contributed by atoms with Gasteiger partial charge in [-0.05, 0) is 25.0 Å². The third-order valence-corrected chi connectivity index (χ3v) is 5.60. The van der Waals surface area contributed by atoms with Crippen LogP contribution in [0.2, 0.25) is 0 Å². The summed E-state index contributed by atoms with van der Waals surface area (Å²) in [6, 6.07) is 0. The highest BCUT2D eigenvalue weighted by molar-refractivity contribution is 7.99. The molecule has 1 saturated heterocycles. The van der Waals surface area contributed by atoms with Gasteiger partial charge in [0.05, 0.1) is 18.1 Å². The lowest BCUT2D eigenvalue weighted by molar-refractivity contribution is -0.172. The second kappa shape index (κ2) is 5.19. The molecule has 2 aliphatic rings. The van der Waals surface area contributed by atoms with Crippen LogP contribution in [-0.2, 0) is 9.53 Å². The maximum absolute atomic E-state index is 12.2. The zero-order valence-corrected chi connectivity index (χ0v) is 11.4. The number of hydrogen-bond donors (Lipinski definition) is 1. The van der Waals surface area contributed by atoms with Crippen molar-refractivity contribution in [1.82, 2.24) is 0 Å². The highest BCUT2D eigenvalue weighted by atomic mass is 32.2. The molecule has 0 radical (unpaired) electrons. The molecule has 3 nitrogen and oxygen atoms in total. The second-order valence-corrected chi connectivity index (χ2v) is 6.43. The van der Waals surface area contributed by atoms with Gasteiger partial charge in [-0.25, -0.2) is 0 Å². The van der Waals surface area contributed by atoms with Gasteiger partial charge in [0.2, 0.25) is 0 Å². The van der Waals surface area contributed by atoms with E-state index in [0.29, 0.717) is 5.75 Å². The molecule has 0 amide bonds. The lowest BCUT2D eigenvalue weighted by Gasteiger charge is -2.42. The molecule has 1 aliphatic carbocycles. The number of carbonyl (C=O) groups excluding carboxylic acids is 1.